The molecular formula is C20H22O4. The summed E-state index contributed by atoms with van der Waals surface area (Å²) < 4.78 is 10.8. The molecule has 0 spiro atoms. The van der Waals surface area contributed by atoms with Crippen LogP contribution in [-0.4, -0.2) is 29.9 Å². The Labute approximate surface area is 141 Å². The Balaban J connectivity index is 1.52. The van der Waals surface area contributed by atoms with E-state index in [1.165, 1.54) is 16.7 Å². The molecule has 1 N–H and O–H groups in total. The van der Waals surface area contributed by atoms with E-state index in [-0.39, 0.29) is 24.4 Å². The molecule has 2 fully saturated rings. The lowest BCUT2D eigenvalue weighted by Crippen LogP contribution is -2.42. The molecule has 126 valence electrons. The van der Waals surface area contributed by atoms with Crippen molar-refractivity contribution in [1.82, 2.24) is 0 Å². The van der Waals surface area contributed by atoms with Crippen molar-refractivity contribution in [2.45, 2.75) is 43.8 Å². The lowest BCUT2D eigenvalue weighted by atomic mass is 9.64. The lowest BCUT2D eigenvalue weighted by molar-refractivity contribution is -0.142. The maximum absolute atomic E-state index is 11.6. The monoisotopic (exact) mass is 326 g/mol. The van der Waals surface area contributed by atoms with Gasteiger partial charge in [0.05, 0.1) is 13.5 Å². The smallest absolute Gasteiger partial charge is 0.309 e. The fourth-order valence-corrected chi connectivity index (χ4v) is 5.69. The zero-order chi connectivity index (χ0) is 16.5. The molecule has 1 saturated heterocycles. The number of carbonyl (C=O) groups is 1. The first-order valence-electron chi connectivity index (χ1n) is 8.89. The van der Waals surface area contributed by atoms with Crippen molar-refractivity contribution in [3.63, 3.8) is 0 Å². The molecule has 1 aromatic carbocycles. The van der Waals surface area contributed by atoms with Gasteiger partial charge in [0.1, 0.15) is 17.5 Å². The third kappa shape index (κ3) is 1.80. The molecular weight excluding hydrogens is 304 g/mol. The molecule has 4 heteroatoms. The summed E-state index contributed by atoms with van der Waals surface area (Å²) in [7, 11) is 1.71. The topological polar surface area (TPSA) is 55.8 Å². The fraction of sp³-hybridized carbons (Fsp3) is 0.550. The van der Waals surface area contributed by atoms with Gasteiger partial charge in [-0.3, -0.25) is 4.79 Å². The number of hydrogen-bond donors (Lipinski definition) is 1. The number of aryl methyl sites for hydroxylation is 1. The molecule has 0 radical (unpaired) electrons. The van der Waals surface area contributed by atoms with Crippen LogP contribution in [0, 0.1) is 17.8 Å². The van der Waals surface area contributed by atoms with Crippen LogP contribution in [0.5, 0.6) is 5.75 Å². The number of allylic oxidation sites excluding steroid dienone is 2. The van der Waals surface area contributed by atoms with Gasteiger partial charge in [-0.25, -0.2) is 0 Å². The van der Waals surface area contributed by atoms with E-state index in [9.17, 15) is 9.90 Å². The molecule has 5 unspecified atom stereocenters. The van der Waals surface area contributed by atoms with E-state index in [4.69, 9.17) is 9.47 Å². The van der Waals surface area contributed by atoms with Crippen molar-refractivity contribution in [2.75, 3.05) is 7.11 Å². The SMILES string of the molecule is COc1ccc2c(c1)CCC1C2=CCC2C1CC1OC(=O)CC12O. The van der Waals surface area contributed by atoms with Gasteiger partial charge in [0.2, 0.25) is 0 Å². The van der Waals surface area contributed by atoms with Crippen molar-refractivity contribution < 1.29 is 19.4 Å². The van der Waals surface area contributed by atoms with Crippen LogP contribution in [0.15, 0.2) is 24.3 Å². The van der Waals surface area contributed by atoms with Gasteiger partial charge in [-0.1, -0.05) is 12.1 Å². The number of esters is 1. The Morgan fingerprint density at radius 3 is 3.08 bits per heavy atom. The van der Waals surface area contributed by atoms with Crippen molar-refractivity contribution >= 4 is 11.5 Å². The molecule has 0 bridgehead atoms. The van der Waals surface area contributed by atoms with E-state index in [2.05, 4.69) is 18.2 Å². The minimum Gasteiger partial charge on any atom is -0.497 e. The van der Waals surface area contributed by atoms with Crippen molar-refractivity contribution in [3.8, 4) is 5.75 Å². The van der Waals surface area contributed by atoms with Gasteiger partial charge >= 0.3 is 5.97 Å². The summed E-state index contributed by atoms with van der Waals surface area (Å²) in [6, 6.07) is 6.36. The van der Waals surface area contributed by atoms with E-state index >= 15 is 0 Å². The number of fused-ring (bicyclic) bond motifs is 7. The lowest BCUT2D eigenvalue weighted by Gasteiger charge is -2.41. The second-order valence-electron chi connectivity index (χ2n) is 7.72. The second kappa shape index (κ2) is 4.85. The van der Waals surface area contributed by atoms with Crippen LogP contribution in [0.2, 0.25) is 0 Å². The number of benzene rings is 1. The number of aliphatic hydroxyl groups is 1. The van der Waals surface area contributed by atoms with E-state index < -0.39 is 5.60 Å². The number of ether oxygens (including phenoxy) is 2. The largest absolute Gasteiger partial charge is 0.497 e. The Kier molecular flexibility index (Phi) is 2.94. The zero-order valence-corrected chi connectivity index (χ0v) is 13.8. The maximum Gasteiger partial charge on any atom is 0.309 e. The molecule has 5 rings (SSSR count). The van der Waals surface area contributed by atoms with Crippen LogP contribution in [0.1, 0.15) is 36.8 Å². The van der Waals surface area contributed by atoms with Gasteiger partial charge < -0.3 is 14.6 Å². The molecule has 1 saturated carbocycles. The molecule has 1 aromatic rings. The third-order valence-corrected chi connectivity index (χ3v) is 6.76. The van der Waals surface area contributed by atoms with Crippen LogP contribution in [-0.2, 0) is 16.0 Å². The molecule has 24 heavy (non-hydrogen) atoms. The van der Waals surface area contributed by atoms with Crippen LogP contribution in [0.3, 0.4) is 0 Å². The highest BCUT2D eigenvalue weighted by Gasteiger charge is 2.62. The van der Waals surface area contributed by atoms with Gasteiger partial charge in [-0.15, -0.1) is 0 Å². The Bertz CT molecular complexity index is 752. The highest BCUT2D eigenvalue weighted by Crippen LogP contribution is 2.58. The summed E-state index contributed by atoms with van der Waals surface area (Å²) >= 11 is 0. The van der Waals surface area contributed by atoms with E-state index in [0.717, 1.165) is 31.4 Å². The molecule has 4 aliphatic rings. The number of hydrogen-bond acceptors (Lipinski definition) is 4. The summed E-state index contributed by atoms with van der Waals surface area (Å²) in [5, 5.41) is 11.1. The normalized spacial score (nSPS) is 39.2. The molecule has 1 heterocycles. The van der Waals surface area contributed by atoms with E-state index in [1.807, 2.05) is 6.07 Å². The first kappa shape index (κ1) is 14.5. The van der Waals surface area contributed by atoms with Gasteiger partial charge in [-0.05, 0) is 72.3 Å². The quantitative estimate of drug-likeness (QED) is 0.806. The summed E-state index contributed by atoms with van der Waals surface area (Å²) in [4.78, 5) is 11.6. The minimum atomic E-state index is -0.941. The molecule has 0 amide bonds. The first-order chi connectivity index (χ1) is 11.6. The van der Waals surface area contributed by atoms with E-state index in [1.54, 1.807) is 7.11 Å². The van der Waals surface area contributed by atoms with Gasteiger partial charge in [0.15, 0.2) is 0 Å². The Morgan fingerprint density at radius 2 is 2.25 bits per heavy atom. The number of methoxy groups -OCH3 is 1. The van der Waals surface area contributed by atoms with Crippen molar-refractivity contribution in [1.29, 1.82) is 0 Å². The number of carbonyl (C=O) groups excluding carboxylic acids is 1. The average Bonchev–Trinajstić information content (AvgIpc) is 3.02. The first-order valence-corrected chi connectivity index (χ1v) is 8.89. The van der Waals surface area contributed by atoms with Crippen LogP contribution >= 0.6 is 0 Å². The third-order valence-electron chi connectivity index (χ3n) is 6.76. The van der Waals surface area contributed by atoms with Gasteiger partial charge in [-0.2, -0.15) is 0 Å². The highest BCUT2D eigenvalue weighted by molar-refractivity contribution is 5.76. The predicted octanol–water partition coefficient (Wildman–Crippen LogP) is 2.73. The van der Waals surface area contributed by atoms with Crippen molar-refractivity contribution in [2.24, 2.45) is 17.8 Å². The van der Waals surface area contributed by atoms with Gasteiger partial charge in [0.25, 0.3) is 0 Å². The predicted molar refractivity (Wildman–Crippen MR) is 88.4 cm³/mol. The molecule has 1 aliphatic heterocycles. The molecule has 4 nitrogen and oxygen atoms in total. The van der Waals surface area contributed by atoms with Crippen LogP contribution < -0.4 is 4.74 Å². The Hall–Kier alpha value is -1.81. The average molecular weight is 326 g/mol. The summed E-state index contributed by atoms with van der Waals surface area (Å²) in [5.41, 5.74) is 3.18. The molecule has 3 aliphatic carbocycles. The van der Waals surface area contributed by atoms with Crippen LogP contribution in [0.25, 0.3) is 5.57 Å². The molecule has 5 atom stereocenters. The zero-order valence-electron chi connectivity index (χ0n) is 13.8. The number of rotatable bonds is 1. The second-order valence-corrected chi connectivity index (χ2v) is 7.72. The maximum atomic E-state index is 11.6. The standard InChI is InChI=1S/C20H22O4/c1-23-12-3-5-13-11(8-12)2-4-15-14(13)6-7-17-16(15)9-18-20(17,22)10-19(21)24-18/h3,5-6,8,15-18,22H,2,4,7,9-10H2,1H3. The van der Waals surface area contributed by atoms with Gasteiger partial charge in [0, 0.05) is 0 Å². The molecule has 0 aromatic heterocycles. The minimum absolute atomic E-state index is 0.155. The fourth-order valence-electron chi connectivity index (χ4n) is 5.69. The Morgan fingerprint density at radius 1 is 1.38 bits per heavy atom. The summed E-state index contributed by atoms with van der Waals surface area (Å²) in [6.07, 6.45) is 5.96. The summed E-state index contributed by atoms with van der Waals surface area (Å²) in [6.45, 7) is 0. The summed E-state index contributed by atoms with van der Waals surface area (Å²) in [5.74, 6) is 1.72. The highest BCUT2D eigenvalue weighted by atomic mass is 16.6. The van der Waals surface area contributed by atoms with Crippen LogP contribution in [0.4, 0.5) is 0 Å². The van der Waals surface area contributed by atoms with Crippen molar-refractivity contribution in [3.05, 3.63) is 35.4 Å². The van der Waals surface area contributed by atoms with E-state index in [0.29, 0.717) is 11.8 Å².